The Morgan fingerprint density at radius 1 is 0.741 bits per heavy atom. The molecule has 0 atom stereocenters. The van der Waals surface area contributed by atoms with E-state index in [9.17, 15) is 0 Å². The molecule has 1 saturated heterocycles. The number of hydrogen-bond acceptors (Lipinski definition) is 2. The van der Waals surface area contributed by atoms with Gasteiger partial charge in [0.15, 0.2) is 0 Å². The number of aryl methyl sites for hydroxylation is 1. The summed E-state index contributed by atoms with van der Waals surface area (Å²) in [5.41, 5.74) is 7.72. The first-order valence-electron chi connectivity index (χ1n) is 10.0. The topological polar surface area (TPSA) is 15.3 Å². The van der Waals surface area contributed by atoms with Crippen LogP contribution in [0.25, 0.3) is 0 Å². The van der Waals surface area contributed by atoms with E-state index in [-0.39, 0.29) is 0 Å². The number of hydrogen-bond donors (Lipinski definition) is 1. The highest BCUT2D eigenvalue weighted by Gasteiger charge is 2.15. The molecule has 2 heteroatoms. The van der Waals surface area contributed by atoms with Crippen molar-refractivity contribution in [2.75, 3.05) is 23.3 Å². The Hall–Kier alpha value is -2.74. The molecule has 0 spiro atoms. The van der Waals surface area contributed by atoms with Crippen molar-refractivity contribution in [3.8, 4) is 0 Å². The van der Waals surface area contributed by atoms with Gasteiger partial charge in [-0.05, 0) is 67.5 Å². The third kappa shape index (κ3) is 4.33. The van der Waals surface area contributed by atoms with Crippen LogP contribution in [0.4, 0.5) is 17.1 Å². The van der Waals surface area contributed by atoms with Crippen molar-refractivity contribution in [2.45, 2.75) is 32.6 Å². The zero-order valence-electron chi connectivity index (χ0n) is 16.1. The molecule has 1 heterocycles. The largest absolute Gasteiger partial charge is 0.370 e. The van der Waals surface area contributed by atoms with Gasteiger partial charge >= 0.3 is 0 Å². The van der Waals surface area contributed by atoms with E-state index < -0.39 is 0 Å². The summed E-state index contributed by atoms with van der Waals surface area (Å²) in [5.74, 6) is 0. The van der Waals surface area contributed by atoms with E-state index in [0.29, 0.717) is 0 Å². The van der Waals surface area contributed by atoms with Crippen LogP contribution in [0.3, 0.4) is 0 Å². The molecule has 1 aliphatic heterocycles. The van der Waals surface area contributed by atoms with Crippen LogP contribution in [0, 0.1) is 6.92 Å². The van der Waals surface area contributed by atoms with Crippen LogP contribution >= 0.6 is 0 Å². The molecule has 1 N–H and O–H groups in total. The van der Waals surface area contributed by atoms with Crippen molar-refractivity contribution in [2.24, 2.45) is 0 Å². The summed E-state index contributed by atoms with van der Waals surface area (Å²) in [6, 6.07) is 26.1. The lowest BCUT2D eigenvalue weighted by molar-refractivity contribution is 0.578. The molecule has 4 rings (SSSR count). The highest BCUT2D eigenvalue weighted by molar-refractivity contribution is 5.78. The average Bonchev–Trinajstić information content (AvgIpc) is 2.72. The molecule has 0 unspecified atom stereocenters. The molecule has 0 saturated carbocycles. The Balaban J connectivity index is 1.52. The molecule has 1 fully saturated rings. The minimum Gasteiger partial charge on any atom is -0.370 e. The number of para-hydroxylation sites is 1. The minimum atomic E-state index is 0.977. The molecule has 2 nitrogen and oxygen atoms in total. The number of piperidine rings is 1. The Morgan fingerprint density at radius 2 is 1.44 bits per heavy atom. The summed E-state index contributed by atoms with van der Waals surface area (Å²) in [7, 11) is 0. The van der Waals surface area contributed by atoms with Crippen molar-refractivity contribution in [3.05, 3.63) is 89.5 Å². The van der Waals surface area contributed by atoms with Crippen molar-refractivity contribution >= 4 is 17.1 Å². The van der Waals surface area contributed by atoms with E-state index in [1.807, 2.05) is 0 Å². The fourth-order valence-corrected chi connectivity index (χ4v) is 3.90. The lowest BCUT2D eigenvalue weighted by Crippen LogP contribution is -2.30. The van der Waals surface area contributed by atoms with Gasteiger partial charge < -0.3 is 10.2 Å². The minimum absolute atomic E-state index is 0.977. The van der Waals surface area contributed by atoms with Crippen LogP contribution < -0.4 is 10.2 Å². The van der Waals surface area contributed by atoms with E-state index in [1.54, 1.807) is 0 Å². The molecule has 0 aromatic heterocycles. The zero-order chi connectivity index (χ0) is 18.5. The standard InChI is InChI=1S/C25H28N2/c1-20-9-8-12-24(27-17-6-3-7-18-27)25(20)26-23-15-13-22(14-16-23)19-21-10-4-2-5-11-21/h2,4-5,8-16,26H,3,6-7,17-19H2,1H3. The second kappa shape index (κ2) is 8.30. The fourth-order valence-electron chi connectivity index (χ4n) is 3.90. The van der Waals surface area contributed by atoms with Gasteiger partial charge in [0, 0.05) is 18.8 Å². The van der Waals surface area contributed by atoms with Gasteiger partial charge in [-0.3, -0.25) is 0 Å². The third-order valence-electron chi connectivity index (χ3n) is 5.42. The van der Waals surface area contributed by atoms with Crippen LogP contribution in [0.5, 0.6) is 0 Å². The number of rotatable bonds is 5. The zero-order valence-corrected chi connectivity index (χ0v) is 16.1. The second-order valence-corrected chi connectivity index (χ2v) is 7.50. The number of anilines is 3. The van der Waals surface area contributed by atoms with E-state index in [0.717, 1.165) is 25.2 Å². The quantitative estimate of drug-likeness (QED) is 0.575. The van der Waals surface area contributed by atoms with Gasteiger partial charge in [0.2, 0.25) is 0 Å². The van der Waals surface area contributed by atoms with E-state index in [1.165, 1.54) is 47.3 Å². The molecule has 1 aliphatic rings. The maximum Gasteiger partial charge on any atom is 0.0651 e. The van der Waals surface area contributed by atoms with Gasteiger partial charge in [0.1, 0.15) is 0 Å². The Labute approximate surface area is 162 Å². The Kier molecular flexibility index (Phi) is 5.43. The molecule has 138 valence electrons. The van der Waals surface area contributed by atoms with E-state index in [4.69, 9.17) is 0 Å². The van der Waals surface area contributed by atoms with Crippen molar-refractivity contribution in [1.82, 2.24) is 0 Å². The van der Waals surface area contributed by atoms with Gasteiger partial charge in [-0.15, -0.1) is 0 Å². The lowest BCUT2D eigenvalue weighted by Gasteiger charge is -2.31. The number of nitrogens with one attached hydrogen (secondary N) is 1. The summed E-state index contributed by atoms with van der Waals surface area (Å²) in [6.07, 6.45) is 4.92. The number of nitrogens with zero attached hydrogens (tertiary/aromatic N) is 1. The third-order valence-corrected chi connectivity index (χ3v) is 5.42. The lowest BCUT2D eigenvalue weighted by atomic mass is 10.0. The van der Waals surface area contributed by atoms with Crippen LogP contribution in [0.15, 0.2) is 72.8 Å². The monoisotopic (exact) mass is 356 g/mol. The first-order chi connectivity index (χ1) is 13.3. The van der Waals surface area contributed by atoms with Crippen molar-refractivity contribution in [3.63, 3.8) is 0 Å². The van der Waals surface area contributed by atoms with Crippen molar-refractivity contribution in [1.29, 1.82) is 0 Å². The molecule has 0 bridgehead atoms. The summed E-state index contributed by atoms with van der Waals surface area (Å²) in [6.45, 7) is 4.52. The summed E-state index contributed by atoms with van der Waals surface area (Å²) >= 11 is 0. The van der Waals surface area contributed by atoms with Gasteiger partial charge in [0.05, 0.1) is 11.4 Å². The molecular formula is C25H28N2. The van der Waals surface area contributed by atoms with E-state index in [2.05, 4.69) is 89.9 Å². The maximum absolute atomic E-state index is 3.69. The predicted octanol–water partition coefficient (Wildman–Crippen LogP) is 6.32. The SMILES string of the molecule is Cc1cccc(N2CCCCC2)c1Nc1ccc(Cc2ccccc2)cc1. The Morgan fingerprint density at radius 3 is 2.19 bits per heavy atom. The summed E-state index contributed by atoms with van der Waals surface area (Å²) in [4.78, 5) is 2.53. The second-order valence-electron chi connectivity index (χ2n) is 7.50. The molecule has 3 aromatic carbocycles. The van der Waals surface area contributed by atoms with Gasteiger partial charge in [-0.1, -0.05) is 54.6 Å². The van der Waals surface area contributed by atoms with Crippen LogP contribution in [0.2, 0.25) is 0 Å². The molecule has 3 aromatic rings. The Bertz CT molecular complexity index is 863. The normalized spacial score (nSPS) is 14.2. The first-order valence-corrected chi connectivity index (χ1v) is 10.0. The smallest absolute Gasteiger partial charge is 0.0651 e. The number of benzene rings is 3. The molecule has 0 radical (unpaired) electrons. The molecule has 0 amide bonds. The molecule has 0 aliphatic carbocycles. The van der Waals surface area contributed by atoms with Crippen LogP contribution in [-0.2, 0) is 6.42 Å². The van der Waals surface area contributed by atoms with Gasteiger partial charge in [0.25, 0.3) is 0 Å². The van der Waals surface area contributed by atoms with Crippen molar-refractivity contribution < 1.29 is 0 Å². The van der Waals surface area contributed by atoms with E-state index >= 15 is 0 Å². The average molecular weight is 357 g/mol. The predicted molar refractivity (Wildman–Crippen MR) is 116 cm³/mol. The first kappa shape index (κ1) is 17.7. The summed E-state index contributed by atoms with van der Waals surface area (Å²) in [5, 5.41) is 3.69. The maximum atomic E-state index is 3.69. The molecule has 27 heavy (non-hydrogen) atoms. The summed E-state index contributed by atoms with van der Waals surface area (Å²) < 4.78 is 0. The van der Waals surface area contributed by atoms with Crippen LogP contribution in [-0.4, -0.2) is 13.1 Å². The highest BCUT2D eigenvalue weighted by Crippen LogP contribution is 2.33. The molecular weight excluding hydrogens is 328 g/mol. The van der Waals surface area contributed by atoms with Gasteiger partial charge in [-0.25, -0.2) is 0 Å². The van der Waals surface area contributed by atoms with Crippen LogP contribution in [0.1, 0.15) is 36.0 Å². The highest BCUT2D eigenvalue weighted by atomic mass is 15.1. The van der Waals surface area contributed by atoms with Gasteiger partial charge in [-0.2, -0.15) is 0 Å². The fraction of sp³-hybridized carbons (Fsp3) is 0.280.